The zero-order valence-corrected chi connectivity index (χ0v) is 10.7. The van der Waals surface area contributed by atoms with Gasteiger partial charge in [-0.2, -0.15) is 0 Å². The Labute approximate surface area is 108 Å². The highest BCUT2D eigenvalue weighted by molar-refractivity contribution is 5.37. The largest absolute Gasteiger partial charge is 0.508 e. The average Bonchev–Trinajstić information content (AvgIpc) is 2.80. The highest BCUT2D eigenvalue weighted by Crippen LogP contribution is 2.25. The van der Waals surface area contributed by atoms with Crippen molar-refractivity contribution in [3.8, 4) is 11.5 Å². The van der Waals surface area contributed by atoms with Crippen molar-refractivity contribution in [1.29, 1.82) is 0 Å². The van der Waals surface area contributed by atoms with Gasteiger partial charge in [-0.05, 0) is 49.9 Å². The zero-order valence-electron chi connectivity index (χ0n) is 10.7. The van der Waals surface area contributed by atoms with Gasteiger partial charge in [0, 0.05) is 25.3 Å². The molecule has 1 aromatic carbocycles. The molecule has 0 radical (unpaired) electrons. The van der Waals surface area contributed by atoms with E-state index >= 15 is 0 Å². The molecule has 0 amide bonds. The predicted molar refractivity (Wildman–Crippen MR) is 69.7 cm³/mol. The summed E-state index contributed by atoms with van der Waals surface area (Å²) in [6.45, 7) is 4.72. The van der Waals surface area contributed by atoms with E-state index in [-0.39, 0.29) is 17.5 Å². The first-order valence-electron chi connectivity index (χ1n) is 6.49. The van der Waals surface area contributed by atoms with Crippen LogP contribution in [0.2, 0.25) is 0 Å². The Hall–Kier alpha value is -1.26. The third-order valence-electron chi connectivity index (χ3n) is 3.45. The second kappa shape index (κ2) is 6.07. The average molecular weight is 251 g/mol. The number of nitrogens with one attached hydrogen (secondary N) is 1. The maximum Gasteiger partial charge on any atom is 0.119 e. The lowest BCUT2D eigenvalue weighted by Crippen LogP contribution is -2.22. The van der Waals surface area contributed by atoms with Crippen LogP contribution in [0, 0.1) is 5.92 Å². The molecule has 2 unspecified atom stereocenters. The Morgan fingerprint density at radius 2 is 2.06 bits per heavy atom. The molecular weight excluding hydrogens is 230 g/mol. The molecule has 4 nitrogen and oxygen atoms in total. The molecule has 1 aliphatic heterocycles. The first-order chi connectivity index (χ1) is 8.65. The molecule has 0 saturated carbocycles. The summed E-state index contributed by atoms with van der Waals surface area (Å²) in [4.78, 5) is 0. The number of hydrogen-bond acceptors (Lipinski definition) is 4. The van der Waals surface area contributed by atoms with E-state index in [1.807, 2.05) is 6.92 Å². The van der Waals surface area contributed by atoms with E-state index in [1.54, 1.807) is 12.1 Å². The van der Waals surface area contributed by atoms with E-state index in [2.05, 4.69) is 5.32 Å². The van der Waals surface area contributed by atoms with E-state index < -0.39 is 0 Å². The monoisotopic (exact) mass is 251 g/mol. The Morgan fingerprint density at radius 3 is 2.67 bits per heavy atom. The van der Waals surface area contributed by atoms with Gasteiger partial charge in [-0.1, -0.05) is 0 Å². The van der Waals surface area contributed by atoms with Crippen LogP contribution in [0.4, 0.5) is 0 Å². The minimum Gasteiger partial charge on any atom is -0.508 e. The minimum absolute atomic E-state index is 0.0999. The van der Waals surface area contributed by atoms with Gasteiger partial charge >= 0.3 is 0 Å². The lowest BCUT2D eigenvalue weighted by Gasteiger charge is -2.16. The van der Waals surface area contributed by atoms with Crippen molar-refractivity contribution < 1.29 is 14.9 Å². The van der Waals surface area contributed by atoms with Gasteiger partial charge in [-0.15, -0.1) is 0 Å². The topological polar surface area (TPSA) is 61.7 Å². The van der Waals surface area contributed by atoms with E-state index in [9.17, 15) is 10.2 Å². The van der Waals surface area contributed by atoms with Crippen molar-refractivity contribution in [2.75, 3.05) is 19.8 Å². The van der Waals surface area contributed by atoms with Gasteiger partial charge in [-0.3, -0.25) is 0 Å². The molecule has 1 fully saturated rings. The number of aromatic hydroxyl groups is 2. The van der Waals surface area contributed by atoms with Gasteiger partial charge in [0.1, 0.15) is 11.5 Å². The summed E-state index contributed by atoms with van der Waals surface area (Å²) in [6.07, 6.45) is 2.26. The molecular formula is C14H21NO3. The fraction of sp³-hybridized carbons (Fsp3) is 0.571. The van der Waals surface area contributed by atoms with E-state index in [4.69, 9.17) is 4.74 Å². The number of rotatable bonds is 5. The molecule has 18 heavy (non-hydrogen) atoms. The second-order valence-electron chi connectivity index (χ2n) is 4.98. The van der Waals surface area contributed by atoms with Crippen LogP contribution in [0.3, 0.4) is 0 Å². The summed E-state index contributed by atoms with van der Waals surface area (Å²) in [6, 6.07) is 4.81. The van der Waals surface area contributed by atoms with E-state index in [1.165, 1.54) is 6.07 Å². The number of benzene rings is 1. The SMILES string of the molecule is CC(NCCC1CCOC1)c1cc(O)cc(O)c1. The summed E-state index contributed by atoms with van der Waals surface area (Å²) in [7, 11) is 0. The molecule has 1 saturated heterocycles. The number of phenols is 2. The van der Waals surface area contributed by atoms with Crippen LogP contribution < -0.4 is 5.32 Å². The van der Waals surface area contributed by atoms with Crippen LogP contribution in [0.1, 0.15) is 31.4 Å². The van der Waals surface area contributed by atoms with Crippen molar-refractivity contribution in [3.05, 3.63) is 23.8 Å². The van der Waals surface area contributed by atoms with Crippen LogP contribution >= 0.6 is 0 Å². The molecule has 100 valence electrons. The Morgan fingerprint density at radius 1 is 1.33 bits per heavy atom. The molecule has 2 atom stereocenters. The molecule has 0 aliphatic carbocycles. The molecule has 0 bridgehead atoms. The Bertz CT molecular complexity index is 368. The zero-order chi connectivity index (χ0) is 13.0. The number of hydrogen-bond donors (Lipinski definition) is 3. The molecule has 1 heterocycles. The fourth-order valence-electron chi connectivity index (χ4n) is 2.30. The van der Waals surface area contributed by atoms with Crippen LogP contribution in [-0.4, -0.2) is 30.0 Å². The number of phenolic OH excluding ortho intramolecular Hbond substituents is 2. The van der Waals surface area contributed by atoms with Crippen molar-refractivity contribution in [1.82, 2.24) is 5.32 Å². The quantitative estimate of drug-likeness (QED) is 0.750. The molecule has 3 N–H and O–H groups in total. The number of ether oxygens (including phenoxy) is 1. The van der Waals surface area contributed by atoms with Crippen LogP contribution in [-0.2, 0) is 4.74 Å². The lowest BCUT2D eigenvalue weighted by atomic mass is 10.0. The smallest absolute Gasteiger partial charge is 0.119 e. The second-order valence-corrected chi connectivity index (χ2v) is 4.98. The summed E-state index contributed by atoms with van der Waals surface area (Å²) in [5.74, 6) is 0.868. The predicted octanol–water partition coefficient (Wildman–Crippen LogP) is 2.17. The Kier molecular flexibility index (Phi) is 4.44. The summed E-state index contributed by atoms with van der Waals surface area (Å²) in [5, 5.41) is 22.3. The van der Waals surface area contributed by atoms with Crippen molar-refractivity contribution in [3.63, 3.8) is 0 Å². The van der Waals surface area contributed by atoms with Gasteiger partial charge in [0.05, 0.1) is 0 Å². The molecule has 2 rings (SSSR count). The standard InChI is InChI=1S/C14H21NO3/c1-10(12-6-13(16)8-14(17)7-12)15-4-2-11-3-5-18-9-11/h6-8,10-11,15-17H,2-5,9H2,1H3. The molecule has 4 heteroatoms. The summed E-state index contributed by atoms with van der Waals surface area (Å²) < 4.78 is 5.34. The van der Waals surface area contributed by atoms with E-state index in [0.29, 0.717) is 5.92 Å². The molecule has 1 aliphatic rings. The fourth-order valence-corrected chi connectivity index (χ4v) is 2.30. The van der Waals surface area contributed by atoms with Crippen LogP contribution in [0.25, 0.3) is 0 Å². The van der Waals surface area contributed by atoms with Gasteiger partial charge in [0.2, 0.25) is 0 Å². The molecule has 1 aromatic rings. The highest BCUT2D eigenvalue weighted by Gasteiger charge is 2.15. The van der Waals surface area contributed by atoms with E-state index in [0.717, 1.165) is 38.2 Å². The highest BCUT2D eigenvalue weighted by atomic mass is 16.5. The van der Waals surface area contributed by atoms with Crippen molar-refractivity contribution >= 4 is 0 Å². The van der Waals surface area contributed by atoms with Gasteiger partial charge in [0.15, 0.2) is 0 Å². The normalized spacial score (nSPS) is 21.1. The first-order valence-corrected chi connectivity index (χ1v) is 6.49. The maximum absolute atomic E-state index is 9.44. The van der Waals surface area contributed by atoms with Crippen LogP contribution in [0.15, 0.2) is 18.2 Å². The minimum atomic E-state index is 0.0999. The van der Waals surface area contributed by atoms with Crippen LogP contribution in [0.5, 0.6) is 11.5 Å². The maximum atomic E-state index is 9.44. The molecule has 0 spiro atoms. The third kappa shape index (κ3) is 3.62. The van der Waals surface area contributed by atoms with Crippen molar-refractivity contribution in [2.45, 2.75) is 25.8 Å². The molecule has 0 aromatic heterocycles. The Balaban J connectivity index is 1.81. The van der Waals surface area contributed by atoms with Crippen molar-refractivity contribution in [2.24, 2.45) is 5.92 Å². The summed E-state index contributed by atoms with van der Waals surface area (Å²) >= 11 is 0. The third-order valence-corrected chi connectivity index (χ3v) is 3.45. The van der Waals surface area contributed by atoms with Gasteiger partial charge in [-0.25, -0.2) is 0 Å². The lowest BCUT2D eigenvalue weighted by molar-refractivity contribution is 0.184. The van der Waals surface area contributed by atoms with Gasteiger partial charge < -0.3 is 20.3 Å². The summed E-state index contributed by atoms with van der Waals surface area (Å²) in [5.41, 5.74) is 0.898. The van der Waals surface area contributed by atoms with Gasteiger partial charge in [0.25, 0.3) is 0 Å². The first kappa shape index (κ1) is 13.2.